The van der Waals surface area contributed by atoms with E-state index < -0.39 is 5.60 Å². The van der Waals surface area contributed by atoms with Gasteiger partial charge in [-0.3, -0.25) is 4.90 Å². The molecule has 1 aromatic rings. The van der Waals surface area contributed by atoms with Crippen molar-refractivity contribution in [3.63, 3.8) is 0 Å². The summed E-state index contributed by atoms with van der Waals surface area (Å²) in [6.45, 7) is 5.87. The first-order valence-corrected chi connectivity index (χ1v) is 9.19. The lowest BCUT2D eigenvalue weighted by Crippen LogP contribution is -2.50. The van der Waals surface area contributed by atoms with Crippen LogP contribution in [0.4, 0.5) is 0 Å². The Kier molecular flexibility index (Phi) is 6.55. The van der Waals surface area contributed by atoms with Gasteiger partial charge in [0.25, 0.3) is 0 Å². The first-order valence-electron chi connectivity index (χ1n) is 7.80. The predicted octanol–water partition coefficient (Wildman–Crippen LogP) is 2.35. The Morgan fingerprint density at radius 2 is 2.14 bits per heavy atom. The van der Waals surface area contributed by atoms with Crippen molar-refractivity contribution in [1.82, 2.24) is 10.2 Å². The summed E-state index contributed by atoms with van der Waals surface area (Å²) in [4.78, 5) is 2.51. The fourth-order valence-corrected chi connectivity index (χ4v) is 3.66. The minimum atomic E-state index is -0.610. The Hall–Kier alpha value is -0.550. The molecule has 1 saturated heterocycles. The summed E-state index contributed by atoms with van der Waals surface area (Å²) in [5.41, 5.74) is 0.772. The molecule has 0 bridgehead atoms. The average molecular weight is 308 g/mol. The summed E-state index contributed by atoms with van der Waals surface area (Å²) in [7, 11) is 0. The fourth-order valence-electron chi connectivity index (χ4n) is 2.93. The SMILES string of the molecule is CSC[C@](C)(O)CN[C@H]1CCCN(Cc2ccccc2)C1. The van der Waals surface area contributed by atoms with E-state index >= 15 is 0 Å². The van der Waals surface area contributed by atoms with E-state index in [9.17, 15) is 5.11 Å². The number of rotatable bonds is 7. The summed E-state index contributed by atoms with van der Waals surface area (Å²) < 4.78 is 0. The van der Waals surface area contributed by atoms with E-state index in [0.29, 0.717) is 12.6 Å². The number of hydrogen-bond acceptors (Lipinski definition) is 4. The molecule has 2 N–H and O–H groups in total. The van der Waals surface area contributed by atoms with Crippen LogP contribution in [0.5, 0.6) is 0 Å². The van der Waals surface area contributed by atoms with Gasteiger partial charge in [-0.2, -0.15) is 11.8 Å². The highest BCUT2D eigenvalue weighted by molar-refractivity contribution is 7.98. The first kappa shape index (κ1) is 16.8. The molecule has 21 heavy (non-hydrogen) atoms. The molecule has 1 heterocycles. The summed E-state index contributed by atoms with van der Waals surface area (Å²) in [5, 5.41) is 13.8. The van der Waals surface area contributed by atoms with Crippen molar-refractivity contribution >= 4 is 11.8 Å². The van der Waals surface area contributed by atoms with Gasteiger partial charge in [0.05, 0.1) is 5.60 Å². The monoisotopic (exact) mass is 308 g/mol. The molecule has 0 aromatic heterocycles. The van der Waals surface area contributed by atoms with Gasteiger partial charge in [0.2, 0.25) is 0 Å². The Bertz CT molecular complexity index is 411. The number of benzene rings is 1. The molecule has 1 aliphatic heterocycles. The van der Waals surface area contributed by atoms with Crippen LogP contribution in [0.15, 0.2) is 30.3 Å². The predicted molar refractivity (Wildman–Crippen MR) is 91.7 cm³/mol. The molecule has 4 heteroatoms. The second-order valence-corrected chi connectivity index (χ2v) is 7.24. The largest absolute Gasteiger partial charge is 0.388 e. The zero-order valence-corrected chi connectivity index (χ0v) is 14.0. The minimum absolute atomic E-state index is 0.496. The molecule has 1 fully saturated rings. The Morgan fingerprint density at radius 3 is 2.86 bits per heavy atom. The van der Waals surface area contributed by atoms with Crippen molar-refractivity contribution in [2.45, 2.75) is 38.0 Å². The highest BCUT2D eigenvalue weighted by Crippen LogP contribution is 2.15. The molecule has 2 rings (SSSR count). The molecule has 118 valence electrons. The summed E-state index contributed by atoms with van der Waals surface area (Å²) in [6.07, 6.45) is 4.48. The lowest BCUT2D eigenvalue weighted by Gasteiger charge is -2.35. The first-order chi connectivity index (χ1) is 10.1. The zero-order chi connectivity index (χ0) is 15.1. The summed E-state index contributed by atoms with van der Waals surface area (Å²) >= 11 is 1.70. The van der Waals surface area contributed by atoms with Crippen LogP contribution in [0.25, 0.3) is 0 Å². The third-order valence-corrected chi connectivity index (χ3v) is 4.89. The molecule has 0 spiro atoms. The standard InChI is InChI=1S/C17H28N2OS/c1-17(20,14-21-2)13-18-16-9-6-10-19(12-16)11-15-7-4-3-5-8-15/h3-5,7-8,16,18,20H,6,9-14H2,1-2H3/t16-,17+/m0/s1. The normalized spacial score (nSPS) is 22.9. The van der Waals surface area contributed by atoms with Crippen LogP contribution in [0.1, 0.15) is 25.3 Å². The van der Waals surface area contributed by atoms with Gasteiger partial charge in [0.15, 0.2) is 0 Å². The molecule has 3 nitrogen and oxygen atoms in total. The van der Waals surface area contributed by atoms with Gasteiger partial charge in [-0.1, -0.05) is 30.3 Å². The topological polar surface area (TPSA) is 35.5 Å². The van der Waals surface area contributed by atoms with E-state index in [1.807, 2.05) is 13.2 Å². The summed E-state index contributed by atoms with van der Waals surface area (Å²) in [6, 6.07) is 11.2. The van der Waals surface area contributed by atoms with E-state index in [1.54, 1.807) is 11.8 Å². The maximum Gasteiger partial charge on any atom is 0.0833 e. The Morgan fingerprint density at radius 1 is 1.38 bits per heavy atom. The smallest absolute Gasteiger partial charge is 0.0833 e. The molecule has 0 saturated carbocycles. The maximum absolute atomic E-state index is 10.2. The Labute approximate surface area is 133 Å². The second kappa shape index (κ2) is 8.18. The van der Waals surface area contributed by atoms with E-state index in [2.05, 4.69) is 40.5 Å². The number of nitrogens with zero attached hydrogens (tertiary/aromatic N) is 1. The number of piperidine rings is 1. The van der Waals surface area contributed by atoms with E-state index in [4.69, 9.17) is 0 Å². The van der Waals surface area contributed by atoms with Crippen LogP contribution in [0, 0.1) is 0 Å². The van der Waals surface area contributed by atoms with E-state index in [0.717, 1.165) is 18.8 Å². The van der Waals surface area contributed by atoms with Gasteiger partial charge in [-0.25, -0.2) is 0 Å². The lowest BCUT2D eigenvalue weighted by atomic mass is 10.0. The van der Waals surface area contributed by atoms with Gasteiger partial charge in [-0.05, 0) is 38.1 Å². The van der Waals surface area contributed by atoms with Crippen molar-refractivity contribution < 1.29 is 5.11 Å². The van der Waals surface area contributed by atoms with Crippen molar-refractivity contribution in [2.75, 3.05) is 31.6 Å². The van der Waals surface area contributed by atoms with Crippen LogP contribution in [0.2, 0.25) is 0 Å². The van der Waals surface area contributed by atoms with Crippen LogP contribution in [-0.2, 0) is 6.54 Å². The second-order valence-electron chi connectivity index (χ2n) is 6.37. The van der Waals surface area contributed by atoms with Crippen molar-refractivity contribution in [2.24, 2.45) is 0 Å². The van der Waals surface area contributed by atoms with Crippen LogP contribution < -0.4 is 5.32 Å². The molecule has 1 aromatic carbocycles. The highest BCUT2D eigenvalue weighted by atomic mass is 32.2. The molecule has 0 radical (unpaired) electrons. The van der Waals surface area contributed by atoms with Gasteiger partial charge in [0.1, 0.15) is 0 Å². The van der Waals surface area contributed by atoms with Gasteiger partial charge in [0, 0.05) is 31.4 Å². The third-order valence-electron chi connectivity index (χ3n) is 3.98. The molecule has 0 unspecified atom stereocenters. The number of hydrogen-bond donors (Lipinski definition) is 2. The Balaban J connectivity index is 1.78. The van der Waals surface area contributed by atoms with Crippen LogP contribution >= 0.6 is 11.8 Å². The summed E-state index contributed by atoms with van der Waals surface area (Å²) in [5.74, 6) is 0.778. The molecular formula is C17H28N2OS. The highest BCUT2D eigenvalue weighted by Gasteiger charge is 2.24. The molecule has 0 amide bonds. The van der Waals surface area contributed by atoms with E-state index in [-0.39, 0.29) is 0 Å². The number of likely N-dealkylation sites (tertiary alicyclic amines) is 1. The van der Waals surface area contributed by atoms with E-state index in [1.165, 1.54) is 24.9 Å². The molecule has 2 atom stereocenters. The van der Waals surface area contributed by atoms with Crippen molar-refractivity contribution in [1.29, 1.82) is 0 Å². The molecule has 1 aliphatic rings. The quantitative estimate of drug-likeness (QED) is 0.810. The van der Waals surface area contributed by atoms with Crippen LogP contribution in [-0.4, -0.2) is 53.3 Å². The number of aliphatic hydroxyl groups is 1. The molecular weight excluding hydrogens is 280 g/mol. The molecule has 0 aliphatic carbocycles. The fraction of sp³-hybridized carbons (Fsp3) is 0.647. The van der Waals surface area contributed by atoms with Gasteiger partial charge in [-0.15, -0.1) is 0 Å². The van der Waals surface area contributed by atoms with Crippen LogP contribution in [0.3, 0.4) is 0 Å². The number of nitrogens with one attached hydrogen (secondary N) is 1. The van der Waals surface area contributed by atoms with Gasteiger partial charge < -0.3 is 10.4 Å². The maximum atomic E-state index is 10.2. The minimum Gasteiger partial charge on any atom is -0.388 e. The van der Waals surface area contributed by atoms with Gasteiger partial charge >= 0.3 is 0 Å². The average Bonchev–Trinajstić information content (AvgIpc) is 2.47. The van der Waals surface area contributed by atoms with Crippen molar-refractivity contribution in [3.8, 4) is 0 Å². The third kappa shape index (κ3) is 5.99. The number of thioether (sulfide) groups is 1. The lowest BCUT2D eigenvalue weighted by molar-refractivity contribution is 0.0746. The zero-order valence-electron chi connectivity index (χ0n) is 13.2. The van der Waals surface area contributed by atoms with Crippen molar-refractivity contribution in [3.05, 3.63) is 35.9 Å².